The van der Waals surface area contributed by atoms with Crippen LogP contribution in [0.2, 0.25) is 10.2 Å². The maximum absolute atomic E-state index is 11.9. The van der Waals surface area contributed by atoms with Crippen molar-refractivity contribution in [2.45, 2.75) is 12.5 Å². The molecule has 0 radical (unpaired) electrons. The highest BCUT2D eigenvalue weighted by Crippen LogP contribution is 2.18. The Labute approximate surface area is 142 Å². The molecule has 0 fully saturated rings. The third-order valence-corrected chi connectivity index (χ3v) is 3.46. The van der Waals surface area contributed by atoms with Crippen LogP contribution in [-0.2, 0) is 0 Å². The van der Waals surface area contributed by atoms with Gasteiger partial charge in [0, 0.05) is 18.9 Å². The summed E-state index contributed by atoms with van der Waals surface area (Å²) in [4.78, 5) is 23.7. The van der Waals surface area contributed by atoms with Crippen LogP contribution >= 0.6 is 23.2 Å². The minimum Gasteiger partial charge on any atom is -0.354 e. The van der Waals surface area contributed by atoms with Gasteiger partial charge in [-0.2, -0.15) is 10.2 Å². The number of pyridine rings is 1. The van der Waals surface area contributed by atoms with E-state index in [1.54, 1.807) is 18.3 Å². The fourth-order valence-corrected chi connectivity index (χ4v) is 1.89. The van der Waals surface area contributed by atoms with Gasteiger partial charge in [-0.05, 0) is 18.6 Å². The normalized spacial score (nSPS) is 11.3. The van der Waals surface area contributed by atoms with Crippen LogP contribution in [0.4, 0.5) is 5.95 Å². The SMILES string of the molecule is N#CC(CCNc1ncc(Cl)c(Cl)n1)NC(=O)c1cccnc1. The molecular formula is C14H12Cl2N6O. The van der Waals surface area contributed by atoms with E-state index >= 15 is 0 Å². The van der Waals surface area contributed by atoms with Crippen molar-refractivity contribution >= 4 is 35.1 Å². The zero-order valence-electron chi connectivity index (χ0n) is 11.8. The molecule has 0 aliphatic heterocycles. The van der Waals surface area contributed by atoms with Crippen LogP contribution in [0, 0.1) is 11.3 Å². The number of carbonyl (C=O) groups excluding carboxylic acids is 1. The minimum atomic E-state index is -0.655. The Bertz CT molecular complexity index is 719. The molecule has 0 bridgehead atoms. The second-order valence-corrected chi connectivity index (χ2v) is 5.21. The maximum Gasteiger partial charge on any atom is 0.253 e. The summed E-state index contributed by atoms with van der Waals surface area (Å²) in [6.45, 7) is 0.378. The van der Waals surface area contributed by atoms with Crippen LogP contribution in [0.1, 0.15) is 16.8 Å². The first-order chi connectivity index (χ1) is 11.1. The molecule has 2 heterocycles. The number of nitrogens with one attached hydrogen (secondary N) is 2. The summed E-state index contributed by atoms with van der Waals surface area (Å²) >= 11 is 11.5. The molecule has 1 amide bonds. The first-order valence-corrected chi connectivity index (χ1v) is 7.38. The number of amides is 1. The summed E-state index contributed by atoms with van der Waals surface area (Å²) < 4.78 is 0. The molecule has 0 spiro atoms. The monoisotopic (exact) mass is 350 g/mol. The molecule has 2 aromatic rings. The van der Waals surface area contributed by atoms with Crippen LogP contribution in [-0.4, -0.2) is 33.4 Å². The van der Waals surface area contributed by atoms with Crippen LogP contribution < -0.4 is 10.6 Å². The van der Waals surface area contributed by atoms with Gasteiger partial charge in [0.25, 0.3) is 5.91 Å². The Kier molecular flexibility index (Phi) is 6.09. The molecule has 1 unspecified atom stereocenters. The second-order valence-electron chi connectivity index (χ2n) is 4.44. The van der Waals surface area contributed by atoms with Gasteiger partial charge in [0.15, 0.2) is 5.15 Å². The topological polar surface area (TPSA) is 104 Å². The quantitative estimate of drug-likeness (QED) is 0.774. The summed E-state index contributed by atoms with van der Waals surface area (Å²) in [5, 5.41) is 15.1. The van der Waals surface area contributed by atoms with Gasteiger partial charge >= 0.3 is 0 Å². The summed E-state index contributed by atoms with van der Waals surface area (Å²) in [5.41, 5.74) is 0.397. The number of anilines is 1. The van der Waals surface area contributed by atoms with E-state index in [1.165, 1.54) is 12.4 Å². The van der Waals surface area contributed by atoms with Crippen molar-refractivity contribution in [3.8, 4) is 6.07 Å². The third kappa shape index (κ3) is 5.06. The number of aromatic nitrogens is 3. The van der Waals surface area contributed by atoms with E-state index in [-0.39, 0.29) is 16.1 Å². The summed E-state index contributed by atoms with van der Waals surface area (Å²) in [5.74, 6) is -0.0508. The number of hydrogen-bond donors (Lipinski definition) is 2. The van der Waals surface area contributed by atoms with Gasteiger partial charge in [-0.1, -0.05) is 23.2 Å². The van der Waals surface area contributed by atoms with Crippen molar-refractivity contribution < 1.29 is 4.79 Å². The third-order valence-electron chi connectivity index (χ3n) is 2.80. The average Bonchev–Trinajstić information content (AvgIpc) is 2.57. The van der Waals surface area contributed by atoms with E-state index in [9.17, 15) is 4.79 Å². The van der Waals surface area contributed by atoms with Crippen molar-refractivity contribution in [1.29, 1.82) is 5.26 Å². The molecule has 2 N–H and O–H groups in total. The fraction of sp³-hybridized carbons (Fsp3) is 0.214. The predicted molar refractivity (Wildman–Crippen MR) is 86.3 cm³/mol. The summed E-state index contributed by atoms with van der Waals surface area (Å²) in [6, 6.07) is 4.65. The predicted octanol–water partition coefficient (Wildman–Crippen LogP) is 2.30. The van der Waals surface area contributed by atoms with Crippen LogP contribution in [0.15, 0.2) is 30.7 Å². The zero-order chi connectivity index (χ0) is 16.7. The highest BCUT2D eigenvalue weighted by atomic mass is 35.5. The van der Waals surface area contributed by atoms with Crippen molar-refractivity contribution in [2.75, 3.05) is 11.9 Å². The number of nitriles is 1. The highest BCUT2D eigenvalue weighted by molar-refractivity contribution is 6.41. The molecule has 2 aromatic heterocycles. The Balaban J connectivity index is 1.84. The number of nitrogens with zero attached hydrogens (tertiary/aromatic N) is 4. The summed E-state index contributed by atoms with van der Waals surface area (Å²) in [6.07, 6.45) is 4.75. The molecule has 0 aromatic carbocycles. The Morgan fingerprint density at radius 2 is 2.22 bits per heavy atom. The average molecular weight is 351 g/mol. The lowest BCUT2D eigenvalue weighted by Crippen LogP contribution is -2.35. The smallest absolute Gasteiger partial charge is 0.253 e. The largest absolute Gasteiger partial charge is 0.354 e. The Morgan fingerprint density at radius 1 is 1.39 bits per heavy atom. The molecule has 7 nitrogen and oxygen atoms in total. The lowest BCUT2D eigenvalue weighted by molar-refractivity contribution is 0.0944. The number of rotatable bonds is 6. The van der Waals surface area contributed by atoms with Gasteiger partial charge in [-0.25, -0.2) is 4.98 Å². The zero-order valence-corrected chi connectivity index (χ0v) is 13.3. The van der Waals surface area contributed by atoms with Crippen molar-refractivity contribution in [3.63, 3.8) is 0 Å². The first-order valence-electron chi connectivity index (χ1n) is 6.62. The van der Waals surface area contributed by atoms with Gasteiger partial charge < -0.3 is 10.6 Å². The van der Waals surface area contributed by atoms with E-state index in [2.05, 4.69) is 25.6 Å². The van der Waals surface area contributed by atoms with E-state index in [0.717, 1.165) is 0 Å². The van der Waals surface area contributed by atoms with E-state index in [4.69, 9.17) is 28.5 Å². The second kappa shape index (κ2) is 8.27. The maximum atomic E-state index is 11.9. The van der Waals surface area contributed by atoms with Crippen molar-refractivity contribution in [1.82, 2.24) is 20.3 Å². The Morgan fingerprint density at radius 3 is 2.87 bits per heavy atom. The first kappa shape index (κ1) is 16.9. The van der Waals surface area contributed by atoms with Gasteiger partial charge in [0.2, 0.25) is 5.95 Å². The number of hydrogen-bond acceptors (Lipinski definition) is 6. The lowest BCUT2D eigenvalue weighted by Gasteiger charge is -2.12. The molecule has 0 aliphatic rings. The van der Waals surface area contributed by atoms with E-state index in [0.29, 0.717) is 24.5 Å². The lowest BCUT2D eigenvalue weighted by atomic mass is 10.2. The number of carbonyl (C=O) groups is 1. The molecule has 0 aliphatic carbocycles. The highest BCUT2D eigenvalue weighted by Gasteiger charge is 2.13. The standard InChI is InChI=1S/C14H12Cl2N6O/c15-11-8-20-14(22-12(11)16)19-5-3-10(6-17)21-13(23)9-2-1-4-18-7-9/h1-2,4,7-8,10H,3,5H2,(H,21,23)(H,19,20,22). The molecule has 118 valence electrons. The van der Waals surface area contributed by atoms with Crippen LogP contribution in [0.25, 0.3) is 0 Å². The molecular weight excluding hydrogens is 339 g/mol. The van der Waals surface area contributed by atoms with Gasteiger partial charge in [0.05, 0.1) is 22.9 Å². The molecule has 0 saturated carbocycles. The Hall–Kier alpha value is -2.43. The summed E-state index contributed by atoms with van der Waals surface area (Å²) in [7, 11) is 0. The van der Waals surface area contributed by atoms with E-state index < -0.39 is 6.04 Å². The van der Waals surface area contributed by atoms with Gasteiger partial charge in [0.1, 0.15) is 6.04 Å². The minimum absolute atomic E-state index is 0.144. The molecule has 1 atom stereocenters. The van der Waals surface area contributed by atoms with Crippen LogP contribution in [0.3, 0.4) is 0 Å². The molecule has 0 saturated heterocycles. The van der Waals surface area contributed by atoms with Gasteiger partial charge in [-0.3, -0.25) is 9.78 Å². The van der Waals surface area contributed by atoms with E-state index in [1.807, 2.05) is 6.07 Å². The number of halogens is 2. The fourth-order valence-electron chi connectivity index (χ4n) is 1.67. The van der Waals surface area contributed by atoms with Crippen molar-refractivity contribution in [2.24, 2.45) is 0 Å². The molecule has 2 rings (SSSR count). The van der Waals surface area contributed by atoms with Crippen LogP contribution in [0.5, 0.6) is 0 Å². The van der Waals surface area contributed by atoms with Crippen molar-refractivity contribution in [3.05, 3.63) is 46.5 Å². The molecule has 9 heteroatoms. The van der Waals surface area contributed by atoms with Gasteiger partial charge in [-0.15, -0.1) is 0 Å². The molecule has 23 heavy (non-hydrogen) atoms.